The van der Waals surface area contributed by atoms with Crippen LogP contribution in [0.15, 0.2) is 42.5 Å². The van der Waals surface area contributed by atoms with Gasteiger partial charge >= 0.3 is 0 Å². The van der Waals surface area contributed by atoms with Crippen molar-refractivity contribution in [2.75, 3.05) is 25.7 Å². The summed E-state index contributed by atoms with van der Waals surface area (Å²) in [5.74, 6) is 1.11. The van der Waals surface area contributed by atoms with Crippen molar-refractivity contribution >= 4 is 32.6 Å². The van der Waals surface area contributed by atoms with Gasteiger partial charge in [0.25, 0.3) is 5.91 Å². The highest BCUT2D eigenvalue weighted by Gasteiger charge is 2.47. The predicted molar refractivity (Wildman–Crippen MR) is 127 cm³/mol. The number of carbonyl (C=O) groups is 1. The lowest BCUT2D eigenvalue weighted by Crippen LogP contribution is -2.31. The Morgan fingerprint density at radius 2 is 1.97 bits per heavy atom. The number of aliphatic hydroxyl groups excluding tert-OH is 1. The quantitative estimate of drug-likeness (QED) is 0.446. The minimum absolute atomic E-state index is 0.102. The molecule has 1 aliphatic rings. The lowest BCUT2D eigenvalue weighted by molar-refractivity contribution is 0.0988. The molecule has 170 valence electrons. The Bertz CT molecular complexity index is 1360. The normalized spacial score (nSPS) is 15.8. The molecule has 3 heterocycles. The van der Waals surface area contributed by atoms with Crippen LogP contribution in [0.4, 0.5) is 5.13 Å². The van der Waals surface area contributed by atoms with Gasteiger partial charge in [-0.15, -0.1) is 0 Å². The molecule has 33 heavy (non-hydrogen) atoms. The Hall–Kier alpha value is -3.43. The molecular formula is C24H24N4O4S. The number of anilines is 1. The zero-order valence-electron chi connectivity index (χ0n) is 18.7. The molecule has 0 fully saturated rings. The molecule has 5 rings (SSSR count). The van der Waals surface area contributed by atoms with Crippen LogP contribution in [0.5, 0.6) is 11.5 Å². The molecule has 9 heteroatoms. The second-order valence-electron chi connectivity index (χ2n) is 8.55. The van der Waals surface area contributed by atoms with E-state index in [9.17, 15) is 9.90 Å². The maximum Gasteiger partial charge on any atom is 0.281 e. The fraction of sp³-hybridized carbons (Fsp3) is 0.292. The van der Waals surface area contributed by atoms with Gasteiger partial charge in [0, 0.05) is 28.3 Å². The third-order valence-corrected chi connectivity index (χ3v) is 7.09. The van der Waals surface area contributed by atoms with Gasteiger partial charge in [0.2, 0.25) is 0 Å². The van der Waals surface area contributed by atoms with Crippen molar-refractivity contribution < 1.29 is 19.4 Å². The number of thiazole rings is 1. The van der Waals surface area contributed by atoms with Gasteiger partial charge in [-0.05, 0) is 18.2 Å². The van der Waals surface area contributed by atoms with E-state index in [0.29, 0.717) is 22.3 Å². The zero-order chi connectivity index (χ0) is 23.3. The number of H-pyrrole nitrogens is 1. The number of aromatic nitrogens is 3. The average molecular weight is 465 g/mol. The molecule has 8 nitrogen and oxygen atoms in total. The van der Waals surface area contributed by atoms with Crippen molar-refractivity contribution in [1.29, 1.82) is 0 Å². The molecular weight excluding hydrogens is 440 g/mol. The van der Waals surface area contributed by atoms with Crippen molar-refractivity contribution in [3.63, 3.8) is 0 Å². The zero-order valence-corrected chi connectivity index (χ0v) is 19.6. The van der Waals surface area contributed by atoms with Crippen molar-refractivity contribution in [2.24, 2.45) is 0 Å². The summed E-state index contributed by atoms with van der Waals surface area (Å²) in [4.78, 5) is 20.1. The van der Waals surface area contributed by atoms with Crippen LogP contribution < -0.4 is 14.4 Å². The number of methoxy groups -OCH3 is 2. The van der Waals surface area contributed by atoms with Gasteiger partial charge in [0.15, 0.2) is 10.8 Å². The van der Waals surface area contributed by atoms with E-state index in [0.717, 1.165) is 27.0 Å². The standard InChI is InChI=1S/C24H24N4O4S/c1-24(2,12-29)21-18-19(26-27-21)22(30)28(20(18)14-7-5-6-8-16(14)32-4)23-25-15-11-13(31-3)9-10-17(15)33-23/h5-11,20,29H,12H2,1-4H3,(H,26,27). The van der Waals surface area contributed by atoms with Crippen LogP contribution >= 0.6 is 11.3 Å². The predicted octanol–water partition coefficient (Wildman–Crippen LogP) is 4.06. The Balaban J connectivity index is 1.74. The van der Waals surface area contributed by atoms with Crippen molar-refractivity contribution in [2.45, 2.75) is 25.3 Å². The van der Waals surface area contributed by atoms with Gasteiger partial charge in [-0.25, -0.2) is 4.98 Å². The number of aromatic amines is 1. The summed E-state index contributed by atoms with van der Waals surface area (Å²) in [6, 6.07) is 12.8. The molecule has 1 unspecified atom stereocenters. The highest BCUT2D eigenvalue weighted by atomic mass is 32.1. The number of carbonyl (C=O) groups excluding carboxylic acids is 1. The first-order valence-electron chi connectivity index (χ1n) is 10.5. The first-order valence-corrected chi connectivity index (χ1v) is 11.3. The van der Waals surface area contributed by atoms with Gasteiger partial charge in [-0.2, -0.15) is 5.10 Å². The summed E-state index contributed by atoms with van der Waals surface area (Å²) in [5.41, 5.74) is 2.73. The number of para-hydroxylation sites is 1. The molecule has 4 aromatic rings. The van der Waals surface area contributed by atoms with Crippen LogP contribution in [0.3, 0.4) is 0 Å². The molecule has 1 aliphatic heterocycles. The molecule has 1 atom stereocenters. The number of hydrogen-bond acceptors (Lipinski definition) is 7. The van der Waals surface area contributed by atoms with E-state index in [4.69, 9.17) is 14.5 Å². The second-order valence-corrected chi connectivity index (χ2v) is 9.56. The van der Waals surface area contributed by atoms with Crippen LogP contribution in [0, 0.1) is 0 Å². The van der Waals surface area contributed by atoms with Gasteiger partial charge < -0.3 is 14.6 Å². The fourth-order valence-corrected chi connectivity index (χ4v) is 5.22. The fourth-order valence-electron chi connectivity index (χ4n) is 4.24. The summed E-state index contributed by atoms with van der Waals surface area (Å²) >= 11 is 1.43. The van der Waals surface area contributed by atoms with Gasteiger partial charge in [-0.1, -0.05) is 43.4 Å². The summed E-state index contributed by atoms with van der Waals surface area (Å²) < 4.78 is 11.9. The van der Waals surface area contributed by atoms with E-state index in [1.165, 1.54) is 11.3 Å². The average Bonchev–Trinajstić information content (AvgIpc) is 3.52. The molecule has 0 bridgehead atoms. The Morgan fingerprint density at radius 3 is 2.70 bits per heavy atom. The van der Waals surface area contributed by atoms with E-state index >= 15 is 0 Å². The number of rotatable bonds is 6. The SMILES string of the molecule is COc1ccc2sc(N3C(=O)c4n[nH]c(C(C)(C)CO)c4C3c3ccccc3OC)nc2c1. The third-order valence-electron chi connectivity index (χ3n) is 6.05. The summed E-state index contributed by atoms with van der Waals surface area (Å²) in [6.45, 7) is 3.73. The van der Waals surface area contributed by atoms with Crippen LogP contribution in [-0.2, 0) is 5.41 Å². The van der Waals surface area contributed by atoms with Crippen LogP contribution in [0.1, 0.15) is 47.2 Å². The summed E-state index contributed by atoms with van der Waals surface area (Å²) in [7, 11) is 3.22. The topological polar surface area (TPSA) is 101 Å². The van der Waals surface area contributed by atoms with Crippen LogP contribution in [-0.4, -0.2) is 47.0 Å². The van der Waals surface area contributed by atoms with E-state index in [2.05, 4.69) is 10.2 Å². The molecule has 0 spiro atoms. The molecule has 1 amide bonds. The monoisotopic (exact) mass is 464 g/mol. The van der Waals surface area contributed by atoms with E-state index in [-0.39, 0.29) is 12.5 Å². The van der Waals surface area contributed by atoms with Crippen LogP contribution in [0.25, 0.3) is 10.2 Å². The Kier molecular flexibility index (Phi) is 5.10. The summed E-state index contributed by atoms with van der Waals surface area (Å²) in [5, 5.41) is 18.0. The minimum atomic E-state index is -0.627. The number of amides is 1. The molecule has 0 radical (unpaired) electrons. The molecule has 2 aromatic carbocycles. The molecule has 0 saturated heterocycles. The number of fused-ring (bicyclic) bond motifs is 2. The molecule has 0 saturated carbocycles. The van der Waals surface area contributed by atoms with E-state index in [1.54, 1.807) is 19.1 Å². The van der Waals surface area contributed by atoms with Gasteiger partial charge in [-0.3, -0.25) is 14.8 Å². The molecule has 2 aromatic heterocycles. The van der Waals surface area contributed by atoms with Crippen molar-refractivity contribution in [1.82, 2.24) is 15.2 Å². The smallest absolute Gasteiger partial charge is 0.281 e. The lowest BCUT2D eigenvalue weighted by atomic mass is 9.84. The maximum atomic E-state index is 13.7. The highest BCUT2D eigenvalue weighted by Crippen LogP contribution is 2.48. The number of benzene rings is 2. The number of hydrogen-bond donors (Lipinski definition) is 2. The van der Waals surface area contributed by atoms with Gasteiger partial charge in [0.05, 0.1) is 37.1 Å². The van der Waals surface area contributed by atoms with E-state index in [1.807, 2.05) is 56.3 Å². The maximum absolute atomic E-state index is 13.7. The van der Waals surface area contributed by atoms with Crippen molar-refractivity contribution in [3.8, 4) is 11.5 Å². The number of aliphatic hydroxyl groups is 1. The number of ether oxygens (including phenoxy) is 2. The Morgan fingerprint density at radius 1 is 1.18 bits per heavy atom. The largest absolute Gasteiger partial charge is 0.497 e. The lowest BCUT2D eigenvalue weighted by Gasteiger charge is -2.28. The second kappa shape index (κ2) is 7.86. The molecule has 2 N–H and O–H groups in total. The van der Waals surface area contributed by atoms with Crippen LogP contribution in [0.2, 0.25) is 0 Å². The minimum Gasteiger partial charge on any atom is -0.497 e. The van der Waals surface area contributed by atoms with E-state index < -0.39 is 11.5 Å². The molecule has 0 aliphatic carbocycles. The number of nitrogens with zero attached hydrogens (tertiary/aromatic N) is 3. The van der Waals surface area contributed by atoms with Crippen molar-refractivity contribution in [3.05, 3.63) is 65.0 Å². The first-order chi connectivity index (χ1) is 15.9. The number of nitrogens with one attached hydrogen (secondary N) is 1. The van der Waals surface area contributed by atoms with Gasteiger partial charge in [0.1, 0.15) is 11.5 Å². The Labute approximate surface area is 194 Å². The third kappa shape index (κ3) is 3.27. The highest BCUT2D eigenvalue weighted by molar-refractivity contribution is 7.22. The first kappa shape index (κ1) is 21.4. The summed E-state index contributed by atoms with van der Waals surface area (Å²) in [6.07, 6.45) is 0.